The topological polar surface area (TPSA) is 29.1 Å². The van der Waals surface area contributed by atoms with Crippen LogP contribution in [0.3, 0.4) is 0 Å². The van der Waals surface area contributed by atoms with Gasteiger partial charge in [0, 0.05) is 23.6 Å². The summed E-state index contributed by atoms with van der Waals surface area (Å²) >= 11 is 0. The van der Waals surface area contributed by atoms with Crippen LogP contribution in [0.25, 0.3) is 0 Å². The summed E-state index contributed by atoms with van der Waals surface area (Å²) in [6.45, 7) is 4.21. The average molecular weight is 279 g/mol. The predicted molar refractivity (Wildman–Crippen MR) is 85.4 cm³/mol. The molecule has 3 atom stereocenters. The first-order chi connectivity index (χ1) is 10.2. The van der Waals surface area contributed by atoms with Gasteiger partial charge in [0.15, 0.2) is 5.78 Å². The van der Waals surface area contributed by atoms with Crippen LogP contribution < -0.4 is 5.32 Å². The van der Waals surface area contributed by atoms with Crippen molar-refractivity contribution in [3.63, 3.8) is 0 Å². The maximum atomic E-state index is 12.3. The summed E-state index contributed by atoms with van der Waals surface area (Å²) in [6.07, 6.45) is 0.973. The smallest absolute Gasteiger partial charge is 0.167 e. The van der Waals surface area contributed by atoms with Crippen LogP contribution in [0.4, 0.5) is 0 Å². The first kappa shape index (κ1) is 14.0. The molecule has 0 bridgehead atoms. The van der Waals surface area contributed by atoms with Crippen LogP contribution in [0.5, 0.6) is 0 Å². The fraction of sp³-hybridized carbons (Fsp3) is 0.316. The van der Waals surface area contributed by atoms with Crippen molar-refractivity contribution in [2.45, 2.75) is 32.4 Å². The number of ketones is 1. The van der Waals surface area contributed by atoms with Crippen molar-refractivity contribution < 1.29 is 4.79 Å². The predicted octanol–water partition coefficient (Wildman–Crippen LogP) is 3.78. The van der Waals surface area contributed by atoms with Crippen molar-refractivity contribution in [3.05, 3.63) is 71.3 Å². The average Bonchev–Trinajstić information content (AvgIpc) is 2.74. The number of rotatable bonds is 4. The van der Waals surface area contributed by atoms with E-state index >= 15 is 0 Å². The molecule has 108 valence electrons. The molecule has 0 saturated heterocycles. The Morgan fingerprint density at radius 1 is 1.05 bits per heavy atom. The summed E-state index contributed by atoms with van der Waals surface area (Å²) in [7, 11) is 0. The number of Topliss-reactive ketones (excluding diaryl/α,β-unsaturated/α-hetero) is 1. The number of hydrogen-bond acceptors (Lipinski definition) is 2. The standard InChI is InChI=1S/C19H21NO/c1-13(12-15-8-4-3-5-9-15)20-18-14(2)19(21)17-11-7-6-10-16(17)18/h3-11,13-14,18,20H,12H2,1-2H3. The fourth-order valence-electron chi connectivity index (χ4n) is 3.23. The van der Waals surface area contributed by atoms with Crippen LogP contribution in [0, 0.1) is 5.92 Å². The molecule has 3 rings (SSSR count). The van der Waals surface area contributed by atoms with E-state index in [4.69, 9.17) is 0 Å². The van der Waals surface area contributed by atoms with Gasteiger partial charge in [-0.2, -0.15) is 0 Å². The Kier molecular flexibility index (Phi) is 3.89. The number of benzene rings is 2. The van der Waals surface area contributed by atoms with Gasteiger partial charge in [0.05, 0.1) is 0 Å². The molecule has 2 aromatic carbocycles. The third-order valence-electron chi connectivity index (χ3n) is 4.32. The molecule has 0 amide bonds. The zero-order valence-corrected chi connectivity index (χ0v) is 12.5. The highest BCUT2D eigenvalue weighted by Crippen LogP contribution is 2.35. The maximum absolute atomic E-state index is 12.3. The lowest BCUT2D eigenvalue weighted by molar-refractivity contribution is 0.0925. The molecular formula is C19H21NO. The highest BCUT2D eigenvalue weighted by molar-refractivity contribution is 6.02. The number of carbonyl (C=O) groups is 1. The van der Waals surface area contributed by atoms with Crippen LogP contribution in [0.2, 0.25) is 0 Å². The fourth-order valence-corrected chi connectivity index (χ4v) is 3.23. The molecule has 1 N–H and O–H groups in total. The van der Waals surface area contributed by atoms with E-state index in [0.717, 1.165) is 17.5 Å². The molecule has 0 spiro atoms. The summed E-state index contributed by atoms with van der Waals surface area (Å²) in [5.41, 5.74) is 3.35. The van der Waals surface area contributed by atoms with Gasteiger partial charge in [-0.3, -0.25) is 4.79 Å². The molecule has 21 heavy (non-hydrogen) atoms. The van der Waals surface area contributed by atoms with Crippen molar-refractivity contribution in [1.82, 2.24) is 5.32 Å². The molecular weight excluding hydrogens is 258 g/mol. The molecule has 0 aliphatic heterocycles. The molecule has 0 fully saturated rings. The number of fused-ring (bicyclic) bond motifs is 1. The second-order valence-corrected chi connectivity index (χ2v) is 5.98. The van der Waals surface area contributed by atoms with Crippen LogP contribution in [0.15, 0.2) is 54.6 Å². The lowest BCUT2D eigenvalue weighted by Gasteiger charge is -2.23. The highest BCUT2D eigenvalue weighted by atomic mass is 16.1. The molecule has 0 aromatic heterocycles. The zero-order valence-electron chi connectivity index (χ0n) is 12.5. The van der Waals surface area contributed by atoms with Gasteiger partial charge in [0.25, 0.3) is 0 Å². The summed E-state index contributed by atoms with van der Waals surface area (Å²) in [4.78, 5) is 12.3. The molecule has 1 aliphatic carbocycles. The van der Waals surface area contributed by atoms with Crippen LogP contribution in [-0.2, 0) is 6.42 Å². The Morgan fingerprint density at radius 3 is 2.48 bits per heavy atom. The third kappa shape index (κ3) is 2.77. The van der Waals surface area contributed by atoms with Gasteiger partial charge >= 0.3 is 0 Å². The Hall–Kier alpha value is -1.93. The quantitative estimate of drug-likeness (QED) is 0.922. The van der Waals surface area contributed by atoms with Gasteiger partial charge in [-0.1, -0.05) is 61.5 Å². The highest BCUT2D eigenvalue weighted by Gasteiger charge is 2.36. The Labute approximate surface area is 126 Å². The minimum atomic E-state index is 0.0145. The Balaban J connectivity index is 1.74. The van der Waals surface area contributed by atoms with Gasteiger partial charge in [0.2, 0.25) is 0 Å². The third-order valence-corrected chi connectivity index (χ3v) is 4.32. The molecule has 0 heterocycles. The van der Waals surface area contributed by atoms with Crippen molar-refractivity contribution in [3.8, 4) is 0 Å². The lowest BCUT2D eigenvalue weighted by Crippen LogP contribution is -2.34. The number of hydrogen-bond donors (Lipinski definition) is 1. The van der Waals surface area contributed by atoms with E-state index in [1.807, 2.05) is 31.2 Å². The summed E-state index contributed by atoms with van der Waals surface area (Å²) in [5, 5.41) is 3.64. The van der Waals surface area contributed by atoms with Crippen LogP contribution >= 0.6 is 0 Å². The van der Waals surface area contributed by atoms with Crippen molar-refractivity contribution in [1.29, 1.82) is 0 Å². The molecule has 3 unspecified atom stereocenters. The van der Waals surface area contributed by atoms with Gasteiger partial charge in [-0.25, -0.2) is 0 Å². The van der Waals surface area contributed by atoms with E-state index in [1.165, 1.54) is 5.56 Å². The minimum absolute atomic E-state index is 0.0145. The zero-order chi connectivity index (χ0) is 14.8. The molecule has 0 saturated carbocycles. The van der Waals surface area contributed by atoms with Gasteiger partial charge < -0.3 is 5.32 Å². The summed E-state index contributed by atoms with van der Waals surface area (Å²) in [5.74, 6) is 0.274. The largest absolute Gasteiger partial charge is 0.306 e. The lowest BCUT2D eigenvalue weighted by atomic mass is 9.99. The van der Waals surface area contributed by atoms with Crippen LogP contribution in [0.1, 0.15) is 41.4 Å². The summed E-state index contributed by atoms with van der Waals surface area (Å²) < 4.78 is 0. The first-order valence-electron chi connectivity index (χ1n) is 7.60. The van der Waals surface area contributed by atoms with Crippen molar-refractivity contribution >= 4 is 5.78 Å². The van der Waals surface area contributed by atoms with E-state index in [1.54, 1.807) is 0 Å². The summed E-state index contributed by atoms with van der Waals surface area (Å²) in [6, 6.07) is 18.9. The Bertz CT molecular complexity index is 635. The van der Waals surface area contributed by atoms with E-state index in [9.17, 15) is 4.79 Å². The Morgan fingerprint density at radius 2 is 1.71 bits per heavy atom. The minimum Gasteiger partial charge on any atom is -0.306 e. The molecule has 1 aliphatic rings. The monoisotopic (exact) mass is 279 g/mol. The maximum Gasteiger partial charge on any atom is 0.167 e. The molecule has 2 nitrogen and oxygen atoms in total. The van der Waals surface area contributed by atoms with E-state index < -0.39 is 0 Å². The van der Waals surface area contributed by atoms with E-state index in [0.29, 0.717) is 6.04 Å². The second-order valence-electron chi connectivity index (χ2n) is 5.98. The molecule has 2 aromatic rings. The number of nitrogens with one attached hydrogen (secondary N) is 1. The van der Waals surface area contributed by atoms with Gasteiger partial charge in [0.1, 0.15) is 0 Å². The van der Waals surface area contributed by atoms with E-state index in [2.05, 4.69) is 42.6 Å². The van der Waals surface area contributed by atoms with Gasteiger partial charge in [-0.15, -0.1) is 0 Å². The van der Waals surface area contributed by atoms with Crippen molar-refractivity contribution in [2.24, 2.45) is 5.92 Å². The van der Waals surface area contributed by atoms with Gasteiger partial charge in [-0.05, 0) is 24.5 Å². The van der Waals surface area contributed by atoms with E-state index in [-0.39, 0.29) is 17.7 Å². The SMILES string of the molecule is CC(Cc1ccccc1)NC1c2ccccc2C(=O)C1C. The normalized spacial score (nSPS) is 22.1. The molecule has 0 radical (unpaired) electrons. The first-order valence-corrected chi connectivity index (χ1v) is 7.60. The second kappa shape index (κ2) is 5.82. The van der Waals surface area contributed by atoms with Crippen molar-refractivity contribution in [2.75, 3.05) is 0 Å². The van der Waals surface area contributed by atoms with Crippen LogP contribution in [-0.4, -0.2) is 11.8 Å². The number of carbonyl (C=O) groups excluding carboxylic acids is 1. The molecule has 2 heteroatoms.